The molecule has 228 valence electrons. The first kappa shape index (κ1) is 31.9. The Morgan fingerprint density at radius 3 is 2.59 bits per heavy atom. The number of methoxy groups -OCH3 is 1. The molecule has 2 heterocycles. The summed E-state index contributed by atoms with van der Waals surface area (Å²) in [6, 6.07) is 0. The van der Waals surface area contributed by atoms with Gasteiger partial charge in [0.25, 0.3) is 0 Å². The van der Waals surface area contributed by atoms with Crippen molar-refractivity contribution in [3.63, 3.8) is 0 Å². The SMILES string of the molecule is CCC1/C=C/CCC/C=C(/C)C(O)/C=C/[C@H]2/C(=C/CC(=O)O1)C=C[C@@H]1C[C@@H](O[C@@H]3O[C@@H](C)[C@H](O)[C@@H](O)[C@H]3OC)C[C@H]12. The number of aliphatic hydroxyl groups excluding tert-OH is 3. The summed E-state index contributed by atoms with van der Waals surface area (Å²) in [5.41, 5.74) is 1.95. The van der Waals surface area contributed by atoms with E-state index in [1.54, 1.807) is 6.92 Å². The van der Waals surface area contributed by atoms with E-state index >= 15 is 0 Å². The maximum atomic E-state index is 12.7. The molecule has 2 aliphatic carbocycles. The fourth-order valence-electron chi connectivity index (χ4n) is 6.39. The maximum absolute atomic E-state index is 12.7. The Kier molecular flexibility index (Phi) is 11.6. The van der Waals surface area contributed by atoms with Crippen molar-refractivity contribution in [2.24, 2.45) is 17.8 Å². The van der Waals surface area contributed by atoms with Gasteiger partial charge in [-0.2, -0.15) is 0 Å². The van der Waals surface area contributed by atoms with Gasteiger partial charge in [0.1, 0.15) is 24.4 Å². The lowest BCUT2D eigenvalue weighted by Gasteiger charge is -2.41. The van der Waals surface area contributed by atoms with Gasteiger partial charge in [-0.05, 0) is 81.4 Å². The van der Waals surface area contributed by atoms with Crippen LogP contribution < -0.4 is 0 Å². The first-order valence-electron chi connectivity index (χ1n) is 15.2. The van der Waals surface area contributed by atoms with Crippen LogP contribution in [0.5, 0.6) is 0 Å². The van der Waals surface area contributed by atoms with Crippen molar-refractivity contribution >= 4 is 5.97 Å². The van der Waals surface area contributed by atoms with Crippen LogP contribution in [0.25, 0.3) is 0 Å². The van der Waals surface area contributed by atoms with Crippen molar-refractivity contribution in [1.29, 1.82) is 0 Å². The van der Waals surface area contributed by atoms with Crippen LogP contribution in [-0.4, -0.2) is 77.4 Å². The topological polar surface area (TPSA) is 115 Å². The molecule has 2 fully saturated rings. The lowest BCUT2D eigenvalue weighted by Crippen LogP contribution is -2.58. The van der Waals surface area contributed by atoms with Crippen LogP contribution >= 0.6 is 0 Å². The maximum Gasteiger partial charge on any atom is 0.310 e. The molecule has 4 rings (SSSR count). The van der Waals surface area contributed by atoms with Gasteiger partial charge in [-0.25, -0.2) is 0 Å². The molecule has 2 aliphatic heterocycles. The zero-order valence-electron chi connectivity index (χ0n) is 24.8. The number of cyclic esters (lactones) is 1. The first-order valence-corrected chi connectivity index (χ1v) is 15.2. The fourth-order valence-corrected chi connectivity index (χ4v) is 6.39. The number of carbonyl (C=O) groups excluding carboxylic acids is 1. The van der Waals surface area contributed by atoms with Crippen molar-refractivity contribution < 1.29 is 39.1 Å². The van der Waals surface area contributed by atoms with Gasteiger partial charge < -0.3 is 34.3 Å². The number of ether oxygens (including phenoxy) is 4. The first-order chi connectivity index (χ1) is 19.7. The highest BCUT2D eigenvalue weighted by molar-refractivity contribution is 5.72. The molecule has 2 unspecified atom stereocenters. The van der Waals surface area contributed by atoms with Crippen LogP contribution in [0.2, 0.25) is 0 Å². The third-order valence-corrected chi connectivity index (χ3v) is 8.93. The zero-order valence-corrected chi connectivity index (χ0v) is 24.8. The molecule has 4 aliphatic rings. The van der Waals surface area contributed by atoms with E-state index in [-0.39, 0.29) is 42.4 Å². The molecule has 8 nitrogen and oxygen atoms in total. The van der Waals surface area contributed by atoms with Crippen molar-refractivity contribution in [1.82, 2.24) is 0 Å². The molecule has 0 bridgehead atoms. The average Bonchev–Trinajstić information content (AvgIpc) is 3.37. The number of hydrogen-bond acceptors (Lipinski definition) is 8. The van der Waals surface area contributed by atoms with Crippen LogP contribution in [0.4, 0.5) is 0 Å². The molecule has 41 heavy (non-hydrogen) atoms. The van der Waals surface area contributed by atoms with Gasteiger partial charge in [0, 0.05) is 13.0 Å². The van der Waals surface area contributed by atoms with Crippen molar-refractivity contribution in [2.45, 2.75) is 115 Å². The summed E-state index contributed by atoms with van der Waals surface area (Å²) in [5, 5.41) is 31.6. The fraction of sp³-hybridized carbons (Fsp3) is 0.667. The second kappa shape index (κ2) is 14.9. The Morgan fingerprint density at radius 2 is 1.83 bits per heavy atom. The van der Waals surface area contributed by atoms with Gasteiger partial charge in [-0.15, -0.1) is 0 Å². The van der Waals surface area contributed by atoms with Crippen molar-refractivity contribution in [3.8, 4) is 0 Å². The molecule has 0 aromatic heterocycles. The van der Waals surface area contributed by atoms with E-state index in [4.69, 9.17) is 18.9 Å². The number of carbonyl (C=O) groups is 1. The Morgan fingerprint density at radius 1 is 1.02 bits per heavy atom. The average molecular weight is 573 g/mol. The van der Waals surface area contributed by atoms with E-state index in [1.165, 1.54) is 7.11 Å². The van der Waals surface area contributed by atoms with Crippen LogP contribution in [-0.2, 0) is 23.7 Å². The minimum absolute atomic E-state index is 0.0109. The lowest BCUT2D eigenvalue weighted by atomic mass is 9.74. The molecule has 3 N–H and O–H groups in total. The summed E-state index contributed by atoms with van der Waals surface area (Å²) in [7, 11) is 1.47. The van der Waals surface area contributed by atoms with Gasteiger partial charge in [-0.1, -0.05) is 49.5 Å². The van der Waals surface area contributed by atoms with Gasteiger partial charge in [0.05, 0.1) is 24.7 Å². The van der Waals surface area contributed by atoms with Crippen molar-refractivity contribution in [2.75, 3.05) is 7.11 Å². The van der Waals surface area contributed by atoms with Gasteiger partial charge >= 0.3 is 5.97 Å². The summed E-state index contributed by atoms with van der Waals surface area (Å²) in [6.07, 6.45) is 16.1. The molecule has 0 aromatic rings. The van der Waals surface area contributed by atoms with Gasteiger partial charge in [0.15, 0.2) is 6.29 Å². The van der Waals surface area contributed by atoms with E-state index in [1.807, 2.05) is 32.1 Å². The Bertz CT molecular complexity index is 1030. The predicted molar refractivity (Wildman–Crippen MR) is 156 cm³/mol. The highest BCUT2D eigenvalue weighted by Gasteiger charge is 2.47. The Hall–Kier alpha value is -2.07. The standard InChI is InChI=1S/C33H48O8/c1-5-24-11-9-7-6-8-10-20(2)28(34)16-15-26-22(14-17-29(35)40-24)12-13-23-18-25(19-27(23)26)41-33-32(38-4)31(37)30(36)21(3)39-33/h9-16,21,23-28,30-34,36-37H,5-8,17-19H2,1-4H3/b11-9+,16-15+,20-10-,22-14+/t21-,23+,24?,25+,26-,27+,28?,30-,31+,32+,33-/m0/s1. The number of esters is 1. The molecule has 8 heteroatoms. The zero-order chi connectivity index (χ0) is 29.5. The normalized spacial score (nSPS) is 44.8. The third-order valence-electron chi connectivity index (χ3n) is 8.93. The van der Waals surface area contributed by atoms with Crippen LogP contribution in [0, 0.1) is 17.8 Å². The second-order valence-electron chi connectivity index (χ2n) is 11.8. The van der Waals surface area contributed by atoms with E-state index in [0.29, 0.717) is 0 Å². The predicted octanol–water partition coefficient (Wildman–Crippen LogP) is 4.31. The molecule has 0 spiro atoms. The highest BCUT2D eigenvalue weighted by Crippen LogP contribution is 2.47. The summed E-state index contributed by atoms with van der Waals surface area (Å²) in [6.45, 7) is 5.68. The quantitative estimate of drug-likeness (QED) is 0.337. The van der Waals surface area contributed by atoms with Crippen LogP contribution in [0.3, 0.4) is 0 Å². The minimum Gasteiger partial charge on any atom is -0.458 e. The second-order valence-corrected chi connectivity index (χ2v) is 11.8. The van der Waals surface area contributed by atoms with Crippen LogP contribution in [0.1, 0.15) is 65.7 Å². The molecule has 1 saturated carbocycles. The van der Waals surface area contributed by atoms with Crippen LogP contribution in [0.15, 0.2) is 59.8 Å². The molecular formula is C33H48O8. The third kappa shape index (κ3) is 8.06. The van der Waals surface area contributed by atoms with Crippen molar-refractivity contribution in [3.05, 3.63) is 59.8 Å². The van der Waals surface area contributed by atoms with E-state index < -0.39 is 36.8 Å². The monoisotopic (exact) mass is 572 g/mol. The summed E-state index contributed by atoms with van der Waals surface area (Å²) < 4.78 is 23.4. The van der Waals surface area contributed by atoms with E-state index in [0.717, 1.165) is 49.7 Å². The number of allylic oxidation sites excluding steroid dienone is 6. The number of rotatable bonds is 4. The smallest absolute Gasteiger partial charge is 0.310 e. The number of hydrogen-bond donors (Lipinski definition) is 3. The van der Waals surface area contributed by atoms with E-state index in [2.05, 4.69) is 30.4 Å². The summed E-state index contributed by atoms with van der Waals surface area (Å²) >= 11 is 0. The minimum atomic E-state index is -1.10. The van der Waals surface area contributed by atoms with Gasteiger partial charge in [0.2, 0.25) is 0 Å². The summed E-state index contributed by atoms with van der Waals surface area (Å²) in [5.74, 6) is 0.180. The Balaban J connectivity index is 1.54. The number of fused-ring (bicyclic) bond motifs is 3. The van der Waals surface area contributed by atoms with Gasteiger partial charge in [-0.3, -0.25) is 4.79 Å². The highest BCUT2D eigenvalue weighted by atomic mass is 16.7. The molecule has 0 aromatic carbocycles. The Labute approximate surface area is 244 Å². The number of aliphatic hydroxyl groups is 3. The molecule has 11 atom stereocenters. The largest absolute Gasteiger partial charge is 0.458 e. The molecule has 0 radical (unpaired) electrons. The molecule has 1 saturated heterocycles. The van der Waals surface area contributed by atoms with E-state index in [9.17, 15) is 20.1 Å². The lowest BCUT2D eigenvalue weighted by molar-refractivity contribution is -0.308. The molecule has 0 amide bonds. The molecular weight excluding hydrogens is 524 g/mol. The summed E-state index contributed by atoms with van der Waals surface area (Å²) in [4.78, 5) is 12.7.